The van der Waals surface area contributed by atoms with E-state index in [0.29, 0.717) is 12.5 Å². The highest BCUT2D eigenvalue weighted by molar-refractivity contribution is 7.99. The molecule has 1 aromatic carbocycles. The van der Waals surface area contributed by atoms with Crippen molar-refractivity contribution in [2.45, 2.75) is 25.5 Å². The standard InChI is InChI=1S/C13H20FNS/c1-3-10(2)9-16-13(8-15)11-4-6-12(14)7-5-11/h4-7,10,13H,3,8-9,15H2,1-2H3. The fourth-order valence-electron chi connectivity index (χ4n) is 1.38. The largest absolute Gasteiger partial charge is 0.329 e. The van der Waals surface area contributed by atoms with Crippen LogP contribution in [-0.2, 0) is 0 Å². The molecular weight excluding hydrogens is 221 g/mol. The molecule has 0 fully saturated rings. The SMILES string of the molecule is CCC(C)CSC(CN)c1ccc(F)cc1. The summed E-state index contributed by atoms with van der Waals surface area (Å²) in [6.45, 7) is 5.04. The molecule has 2 N–H and O–H groups in total. The van der Waals surface area contributed by atoms with E-state index in [9.17, 15) is 4.39 Å². The van der Waals surface area contributed by atoms with Crippen LogP contribution >= 0.6 is 11.8 Å². The average molecular weight is 241 g/mol. The molecule has 2 unspecified atom stereocenters. The molecule has 0 saturated carbocycles. The van der Waals surface area contributed by atoms with Gasteiger partial charge in [-0.25, -0.2) is 4.39 Å². The highest BCUT2D eigenvalue weighted by Gasteiger charge is 2.11. The summed E-state index contributed by atoms with van der Waals surface area (Å²) >= 11 is 1.87. The van der Waals surface area contributed by atoms with Crippen molar-refractivity contribution in [3.63, 3.8) is 0 Å². The maximum absolute atomic E-state index is 12.8. The van der Waals surface area contributed by atoms with E-state index in [0.717, 1.165) is 11.3 Å². The highest BCUT2D eigenvalue weighted by Crippen LogP contribution is 2.29. The van der Waals surface area contributed by atoms with Crippen molar-refractivity contribution in [2.24, 2.45) is 11.7 Å². The van der Waals surface area contributed by atoms with Gasteiger partial charge in [0.25, 0.3) is 0 Å². The first kappa shape index (κ1) is 13.5. The maximum Gasteiger partial charge on any atom is 0.123 e. The van der Waals surface area contributed by atoms with E-state index in [1.807, 2.05) is 23.9 Å². The summed E-state index contributed by atoms with van der Waals surface area (Å²) in [5.41, 5.74) is 6.88. The zero-order valence-corrected chi connectivity index (χ0v) is 10.8. The average Bonchev–Trinajstić information content (AvgIpc) is 2.31. The van der Waals surface area contributed by atoms with Gasteiger partial charge in [0.2, 0.25) is 0 Å². The quantitative estimate of drug-likeness (QED) is 0.823. The molecule has 0 bridgehead atoms. The van der Waals surface area contributed by atoms with Gasteiger partial charge in [0.15, 0.2) is 0 Å². The van der Waals surface area contributed by atoms with E-state index in [1.165, 1.54) is 18.6 Å². The van der Waals surface area contributed by atoms with Crippen LogP contribution in [0.15, 0.2) is 24.3 Å². The van der Waals surface area contributed by atoms with Crippen molar-refractivity contribution >= 4 is 11.8 Å². The second-order valence-corrected chi connectivity index (χ2v) is 5.36. The first-order valence-corrected chi connectivity index (χ1v) is 6.79. The number of thioether (sulfide) groups is 1. The Labute approximate surface area is 102 Å². The summed E-state index contributed by atoms with van der Waals surface area (Å²) in [4.78, 5) is 0. The summed E-state index contributed by atoms with van der Waals surface area (Å²) in [6.07, 6.45) is 1.19. The molecule has 1 rings (SSSR count). The van der Waals surface area contributed by atoms with Gasteiger partial charge >= 0.3 is 0 Å². The van der Waals surface area contributed by atoms with Crippen molar-refractivity contribution in [1.29, 1.82) is 0 Å². The Morgan fingerprint density at radius 1 is 1.31 bits per heavy atom. The van der Waals surface area contributed by atoms with Gasteiger partial charge in [0, 0.05) is 11.8 Å². The summed E-state index contributed by atoms with van der Waals surface area (Å²) in [7, 11) is 0. The van der Waals surface area contributed by atoms with Crippen LogP contribution in [0, 0.1) is 11.7 Å². The Hall–Kier alpha value is -0.540. The zero-order chi connectivity index (χ0) is 12.0. The van der Waals surface area contributed by atoms with Crippen molar-refractivity contribution in [2.75, 3.05) is 12.3 Å². The Morgan fingerprint density at radius 2 is 1.94 bits per heavy atom. The van der Waals surface area contributed by atoms with E-state index in [2.05, 4.69) is 13.8 Å². The molecule has 0 heterocycles. The number of rotatable bonds is 6. The monoisotopic (exact) mass is 241 g/mol. The second kappa shape index (κ2) is 6.92. The Balaban J connectivity index is 2.57. The van der Waals surface area contributed by atoms with Gasteiger partial charge in [0.05, 0.1) is 0 Å². The van der Waals surface area contributed by atoms with E-state index < -0.39 is 0 Å². The van der Waals surface area contributed by atoms with Crippen LogP contribution in [-0.4, -0.2) is 12.3 Å². The van der Waals surface area contributed by atoms with Gasteiger partial charge in [-0.15, -0.1) is 0 Å². The van der Waals surface area contributed by atoms with Gasteiger partial charge in [0.1, 0.15) is 5.82 Å². The van der Waals surface area contributed by atoms with Crippen LogP contribution in [0.2, 0.25) is 0 Å². The van der Waals surface area contributed by atoms with Crippen LogP contribution < -0.4 is 5.73 Å². The molecular formula is C13H20FNS. The Kier molecular flexibility index (Phi) is 5.85. The Bertz CT molecular complexity index is 299. The summed E-state index contributed by atoms with van der Waals surface area (Å²) in [5.74, 6) is 1.63. The lowest BCUT2D eigenvalue weighted by Gasteiger charge is -2.17. The zero-order valence-electron chi connectivity index (χ0n) is 9.95. The molecule has 3 heteroatoms. The predicted octanol–water partition coefficient (Wildman–Crippen LogP) is 3.60. The van der Waals surface area contributed by atoms with Crippen LogP contribution in [0.5, 0.6) is 0 Å². The molecule has 16 heavy (non-hydrogen) atoms. The molecule has 0 aliphatic carbocycles. The first-order chi connectivity index (χ1) is 7.67. The smallest absolute Gasteiger partial charge is 0.123 e. The summed E-state index contributed by atoms with van der Waals surface area (Å²) < 4.78 is 12.8. The van der Waals surface area contributed by atoms with Gasteiger partial charge < -0.3 is 5.73 Å². The van der Waals surface area contributed by atoms with Crippen molar-refractivity contribution in [3.8, 4) is 0 Å². The van der Waals surface area contributed by atoms with Crippen LogP contribution in [0.3, 0.4) is 0 Å². The third kappa shape index (κ3) is 4.14. The molecule has 0 saturated heterocycles. The molecule has 0 amide bonds. The van der Waals surface area contributed by atoms with Gasteiger partial charge in [-0.1, -0.05) is 32.4 Å². The molecule has 0 spiro atoms. The van der Waals surface area contributed by atoms with E-state index in [-0.39, 0.29) is 11.1 Å². The van der Waals surface area contributed by atoms with E-state index >= 15 is 0 Å². The highest BCUT2D eigenvalue weighted by atomic mass is 32.2. The lowest BCUT2D eigenvalue weighted by atomic mass is 10.1. The summed E-state index contributed by atoms with van der Waals surface area (Å²) in [5, 5.41) is 0.287. The lowest BCUT2D eigenvalue weighted by molar-refractivity contribution is 0.626. The molecule has 0 aliphatic rings. The maximum atomic E-state index is 12.8. The minimum absolute atomic E-state index is 0.188. The van der Waals surface area contributed by atoms with E-state index in [1.54, 1.807) is 0 Å². The molecule has 0 aliphatic heterocycles. The normalized spacial score (nSPS) is 14.8. The molecule has 90 valence electrons. The van der Waals surface area contributed by atoms with Crippen LogP contribution in [0.25, 0.3) is 0 Å². The lowest BCUT2D eigenvalue weighted by Crippen LogP contribution is -2.11. The van der Waals surface area contributed by atoms with Crippen molar-refractivity contribution < 1.29 is 4.39 Å². The molecule has 2 atom stereocenters. The number of nitrogens with two attached hydrogens (primary N) is 1. The molecule has 0 radical (unpaired) electrons. The Morgan fingerprint density at radius 3 is 2.44 bits per heavy atom. The first-order valence-electron chi connectivity index (χ1n) is 5.74. The van der Waals surface area contributed by atoms with Crippen LogP contribution in [0.1, 0.15) is 31.1 Å². The molecule has 1 aromatic rings. The minimum atomic E-state index is -0.188. The van der Waals surface area contributed by atoms with Crippen LogP contribution in [0.4, 0.5) is 4.39 Å². The third-order valence-electron chi connectivity index (χ3n) is 2.73. The predicted molar refractivity (Wildman–Crippen MR) is 70.1 cm³/mol. The van der Waals surface area contributed by atoms with Gasteiger partial charge in [-0.05, 0) is 29.4 Å². The second-order valence-electron chi connectivity index (χ2n) is 4.12. The fourth-order valence-corrected chi connectivity index (χ4v) is 2.66. The topological polar surface area (TPSA) is 26.0 Å². The number of hydrogen-bond donors (Lipinski definition) is 1. The summed E-state index contributed by atoms with van der Waals surface area (Å²) in [6, 6.07) is 6.66. The number of halogens is 1. The molecule has 1 nitrogen and oxygen atoms in total. The minimum Gasteiger partial charge on any atom is -0.329 e. The third-order valence-corrected chi connectivity index (χ3v) is 4.36. The number of benzene rings is 1. The van der Waals surface area contributed by atoms with Gasteiger partial charge in [-0.2, -0.15) is 11.8 Å². The molecule has 0 aromatic heterocycles. The van der Waals surface area contributed by atoms with Crippen molar-refractivity contribution in [1.82, 2.24) is 0 Å². The van der Waals surface area contributed by atoms with Gasteiger partial charge in [-0.3, -0.25) is 0 Å². The number of hydrogen-bond acceptors (Lipinski definition) is 2. The van der Waals surface area contributed by atoms with E-state index in [4.69, 9.17) is 5.73 Å². The van der Waals surface area contributed by atoms with Crippen molar-refractivity contribution in [3.05, 3.63) is 35.6 Å². The fraction of sp³-hybridized carbons (Fsp3) is 0.538.